The molecule has 1 saturated heterocycles. The number of methoxy groups -OCH3 is 2. The number of hydrogen-bond donors (Lipinski definition) is 6. The van der Waals surface area contributed by atoms with Gasteiger partial charge in [0.1, 0.15) is 18.1 Å². The molecule has 0 aromatic heterocycles. The fraction of sp³-hybridized carbons (Fsp3) is 0.963. The Kier molecular flexibility index (Phi) is 12.0. The van der Waals surface area contributed by atoms with Gasteiger partial charge in [0.2, 0.25) is 0 Å². The van der Waals surface area contributed by atoms with Gasteiger partial charge < -0.3 is 35.2 Å². The van der Waals surface area contributed by atoms with Crippen molar-refractivity contribution < 1.29 is 40.0 Å². The minimum Gasteiger partial charge on any atom is -0.392 e. The molecule has 0 aromatic carbocycles. The molecule has 9 heteroatoms. The van der Waals surface area contributed by atoms with Crippen LogP contribution in [-0.2, 0) is 14.3 Å². The zero-order valence-corrected chi connectivity index (χ0v) is 22.2. The Labute approximate surface area is 216 Å². The fourth-order valence-electron chi connectivity index (χ4n) is 6.84. The van der Waals surface area contributed by atoms with E-state index in [1.54, 1.807) is 7.11 Å². The van der Waals surface area contributed by atoms with Gasteiger partial charge >= 0.3 is 0 Å². The van der Waals surface area contributed by atoms with Gasteiger partial charge in [0.05, 0.1) is 37.1 Å². The van der Waals surface area contributed by atoms with Crippen molar-refractivity contribution in [3.05, 3.63) is 0 Å². The highest BCUT2D eigenvalue weighted by molar-refractivity contribution is 5.81. The lowest BCUT2D eigenvalue weighted by Crippen LogP contribution is -2.94. The maximum Gasteiger partial charge on any atom is 0.138 e. The minimum absolute atomic E-state index is 0.0532. The third-order valence-corrected chi connectivity index (χ3v) is 9.17. The summed E-state index contributed by atoms with van der Waals surface area (Å²) >= 11 is 0. The van der Waals surface area contributed by atoms with Crippen molar-refractivity contribution in [2.45, 2.75) is 120 Å². The molecule has 11 unspecified atom stereocenters. The normalized spacial score (nSPS) is 39.5. The van der Waals surface area contributed by atoms with Crippen LogP contribution in [0.25, 0.3) is 0 Å². The van der Waals surface area contributed by atoms with Gasteiger partial charge in [-0.3, -0.25) is 10.5 Å². The van der Waals surface area contributed by atoms with Crippen molar-refractivity contribution in [2.75, 3.05) is 20.8 Å². The van der Waals surface area contributed by atoms with E-state index in [0.29, 0.717) is 56.8 Å². The van der Waals surface area contributed by atoms with Gasteiger partial charge in [-0.15, -0.1) is 0 Å². The van der Waals surface area contributed by atoms with Gasteiger partial charge in [-0.25, -0.2) is 0 Å². The number of aliphatic hydroxyl groups is 4. The molecule has 210 valence electrons. The van der Waals surface area contributed by atoms with Crippen LogP contribution in [-0.4, -0.2) is 89.8 Å². The second kappa shape index (κ2) is 14.5. The Balaban J connectivity index is 1.57. The van der Waals surface area contributed by atoms with E-state index in [1.165, 1.54) is 7.11 Å². The summed E-state index contributed by atoms with van der Waals surface area (Å²) in [5.74, 6) is 0.495. The number of carbonyl (C=O) groups is 1. The van der Waals surface area contributed by atoms with Gasteiger partial charge in [0.15, 0.2) is 0 Å². The minimum atomic E-state index is -0.887. The zero-order chi connectivity index (χ0) is 26.2. The average molecular weight is 516 g/mol. The van der Waals surface area contributed by atoms with E-state index in [9.17, 15) is 25.2 Å². The molecular weight excluding hydrogens is 464 g/mol. The highest BCUT2D eigenvalue weighted by Crippen LogP contribution is 2.34. The lowest BCUT2D eigenvalue weighted by Gasteiger charge is -2.36. The van der Waals surface area contributed by atoms with Crippen LogP contribution in [0.3, 0.4) is 0 Å². The van der Waals surface area contributed by atoms with Gasteiger partial charge in [-0.2, -0.15) is 0 Å². The molecule has 2 saturated carbocycles. The Morgan fingerprint density at radius 3 is 2.33 bits per heavy atom. The van der Waals surface area contributed by atoms with Crippen molar-refractivity contribution in [2.24, 2.45) is 29.4 Å². The summed E-state index contributed by atoms with van der Waals surface area (Å²) in [6, 6.07) is 0. The SMILES string of the molecule is COC1CC(CCC(O)C(CC2CC[NH2+]C(N)C2)C(=O)CCC2CC(O)C(O)C(OC)C2)CCC1O. The predicted molar refractivity (Wildman–Crippen MR) is 135 cm³/mol. The molecule has 0 spiro atoms. The molecular formula is C27H51N2O7+. The van der Waals surface area contributed by atoms with Crippen LogP contribution >= 0.6 is 0 Å². The lowest BCUT2D eigenvalue weighted by molar-refractivity contribution is -0.699. The van der Waals surface area contributed by atoms with Crippen molar-refractivity contribution in [3.63, 3.8) is 0 Å². The summed E-state index contributed by atoms with van der Waals surface area (Å²) in [5.41, 5.74) is 6.16. The number of nitrogens with two attached hydrogens (primary N) is 2. The van der Waals surface area contributed by atoms with Crippen molar-refractivity contribution >= 4 is 5.78 Å². The van der Waals surface area contributed by atoms with E-state index in [2.05, 4.69) is 5.32 Å². The number of carbonyl (C=O) groups excluding carboxylic acids is 1. The monoisotopic (exact) mass is 515 g/mol. The number of ether oxygens (including phenoxy) is 2. The molecule has 9 nitrogen and oxygen atoms in total. The molecule has 0 aromatic rings. The Bertz CT molecular complexity index is 668. The van der Waals surface area contributed by atoms with Crippen LogP contribution in [0.1, 0.15) is 77.0 Å². The van der Waals surface area contributed by atoms with E-state index >= 15 is 0 Å². The van der Waals surface area contributed by atoms with E-state index in [-0.39, 0.29) is 24.0 Å². The maximum absolute atomic E-state index is 13.5. The average Bonchev–Trinajstić information content (AvgIpc) is 2.87. The van der Waals surface area contributed by atoms with E-state index in [1.807, 2.05) is 0 Å². The molecule has 0 amide bonds. The largest absolute Gasteiger partial charge is 0.392 e. The first-order valence-corrected chi connectivity index (χ1v) is 14.1. The molecule has 36 heavy (non-hydrogen) atoms. The summed E-state index contributed by atoms with van der Waals surface area (Å²) < 4.78 is 10.8. The number of piperidine rings is 1. The summed E-state index contributed by atoms with van der Waals surface area (Å²) in [6.07, 6.45) is 5.02. The molecule has 11 atom stereocenters. The van der Waals surface area contributed by atoms with E-state index in [0.717, 1.165) is 38.6 Å². The Morgan fingerprint density at radius 2 is 1.64 bits per heavy atom. The van der Waals surface area contributed by atoms with Gasteiger partial charge in [0.25, 0.3) is 0 Å². The first-order chi connectivity index (χ1) is 17.2. The standard InChI is InChI=1S/C27H50N2O7/c1-35-24-13-16(4-8-22(24)32)3-6-20(30)19(11-18-9-10-29-26(28)15-18)21(31)7-5-17-12-23(33)27(34)25(14-17)36-2/h16-20,22-27,29-30,32-34H,3-15,28H2,1-2H3/p+1. The topological polar surface area (TPSA) is 159 Å². The fourth-order valence-corrected chi connectivity index (χ4v) is 6.84. The van der Waals surface area contributed by atoms with Crippen LogP contribution in [0.15, 0.2) is 0 Å². The summed E-state index contributed by atoms with van der Waals surface area (Å²) in [4.78, 5) is 13.5. The van der Waals surface area contributed by atoms with Crippen LogP contribution in [0.4, 0.5) is 0 Å². The molecule has 8 N–H and O–H groups in total. The molecule has 3 aliphatic rings. The molecule has 0 bridgehead atoms. The van der Waals surface area contributed by atoms with Crippen molar-refractivity contribution in [3.8, 4) is 0 Å². The van der Waals surface area contributed by atoms with Crippen LogP contribution in [0.2, 0.25) is 0 Å². The third-order valence-electron chi connectivity index (χ3n) is 9.17. The Morgan fingerprint density at radius 1 is 0.917 bits per heavy atom. The highest BCUT2D eigenvalue weighted by Gasteiger charge is 2.38. The molecule has 3 rings (SSSR count). The number of aliphatic hydroxyl groups excluding tert-OH is 4. The molecule has 2 aliphatic carbocycles. The van der Waals surface area contributed by atoms with E-state index in [4.69, 9.17) is 15.2 Å². The van der Waals surface area contributed by atoms with Gasteiger partial charge in [-0.1, -0.05) is 0 Å². The van der Waals surface area contributed by atoms with Gasteiger partial charge in [-0.05, 0) is 82.0 Å². The summed E-state index contributed by atoms with van der Waals surface area (Å²) in [5, 5.41) is 43.8. The first-order valence-electron chi connectivity index (χ1n) is 14.1. The summed E-state index contributed by atoms with van der Waals surface area (Å²) in [6.45, 7) is 0.951. The van der Waals surface area contributed by atoms with Crippen molar-refractivity contribution in [1.82, 2.24) is 0 Å². The third kappa shape index (κ3) is 8.43. The molecule has 3 fully saturated rings. The second-order valence-electron chi connectivity index (χ2n) is 11.8. The smallest absolute Gasteiger partial charge is 0.138 e. The number of quaternary nitrogens is 1. The molecule has 1 aliphatic heterocycles. The Hall–Kier alpha value is -0.650. The number of Topliss-reactive ketones (excluding diaryl/α,β-unsaturated/α-hetero) is 1. The van der Waals surface area contributed by atoms with Crippen LogP contribution in [0, 0.1) is 23.7 Å². The summed E-state index contributed by atoms with van der Waals surface area (Å²) in [7, 11) is 3.17. The van der Waals surface area contributed by atoms with Crippen molar-refractivity contribution in [1.29, 1.82) is 0 Å². The molecule has 1 heterocycles. The number of hydrogen-bond acceptors (Lipinski definition) is 8. The predicted octanol–water partition coefficient (Wildman–Crippen LogP) is 0.0641. The molecule has 0 radical (unpaired) electrons. The van der Waals surface area contributed by atoms with Crippen LogP contribution < -0.4 is 11.1 Å². The number of rotatable bonds is 12. The van der Waals surface area contributed by atoms with Crippen LogP contribution in [0.5, 0.6) is 0 Å². The number of ketones is 1. The second-order valence-corrected chi connectivity index (χ2v) is 11.8. The first kappa shape index (κ1) is 29.9. The highest BCUT2D eigenvalue weighted by atomic mass is 16.5. The van der Waals surface area contributed by atoms with E-state index < -0.39 is 36.4 Å². The lowest BCUT2D eigenvalue weighted by atomic mass is 9.76. The van der Waals surface area contributed by atoms with Gasteiger partial charge in [0, 0.05) is 33.0 Å². The quantitative estimate of drug-likeness (QED) is 0.213. The maximum atomic E-state index is 13.5. The zero-order valence-electron chi connectivity index (χ0n) is 22.2.